The molecule has 3 nitrogen and oxygen atoms in total. The molecule has 0 saturated heterocycles. The maximum Gasteiger partial charge on any atom is 0.240 e. The fourth-order valence-corrected chi connectivity index (χ4v) is 2.22. The van der Waals surface area contributed by atoms with E-state index in [2.05, 4.69) is 10.3 Å². The van der Waals surface area contributed by atoms with Gasteiger partial charge in [0, 0.05) is 6.54 Å². The maximum absolute atomic E-state index is 13.0. The molecular weight excluding hydrogens is 338 g/mol. The molecule has 7 heteroatoms. The molecule has 21 heavy (non-hydrogen) atoms. The van der Waals surface area contributed by atoms with Crippen LogP contribution in [0.4, 0.5) is 10.2 Å². The summed E-state index contributed by atoms with van der Waals surface area (Å²) in [4.78, 5) is 4.22. The molecule has 0 radical (unpaired) electrons. The molecule has 0 aliphatic rings. The van der Waals surface area contributed by atoms with Crippen LogP contribution in [0, 0.1) is 5.82 Å². The molecule has 0 saturated carbocycles. The Labute approximate surface area is 137 Å². The third-order valence-corrected chi connectivity index (χ3v) is 3.39. The Balaban J connectivity index is 2.30. The lowest BCUT2D eigenvalue weighted by molar-refractivity contribution is 0.462. The van der Waals surface area contributed by atoms with Crippen LogP contribution in [0.25, 0.3) is 0 Å². The van der Waals surface area contributed by atoms with Gasteiger partial charge in [0.25, 0.3) is 0 Å². The highest BCUT2D eigenvalue weighted by Crippen LogP contribution is 2.36. The highest BCUT2D eigenvalue weighted by atomic mass is 35.5. The minimum Gasteiger partial charge on any atom is -0.436 e. The van der Waals surface area contributed by atoms with Gasteiger partial charge in [0.2, 0.25) is 5.88 Å². The van der Waals surface area contributed by atoms with Crippen molar-refractivity contribution in [3.8, 4) is 11.6 Å². The SMILES string of the molecule is CCCNc1nc(Oc2ccc(F)cc2Cl)c(Cl)cc1Cl. The van der Waals surface area contributed by atoms with Crippen LogP contribution < -0.4 is 10.1 Å². The zero-order valence-electron chi connectivity index (χ0n) is 11.1. The molecule has 0 unspecified atom stereocenters. The van der Waals surface area contributed by atoms with Crippen LogP contribution in [0.5, 0.6) is 11.6 Å². The van der Waals surface area contributed by atoms with Crippen molar-refractivity contribution >= 4 is 40.6 Å². The minimum atomic E-state index is -0.451. The largest absolute Gasteiger partial charge is 0.436 e. The van der Waals surface area contributed by atoms with Gasteiger partial charge >= 0.3 is 0 Å². The van der Waals surface area contributed by atoms with Crippen molar-refractivity contribution in [1.29, 1.82) is 0 Å². The van der Waals surface area contributed by atoms with Crippen molar-refractivity contribution in [2.75, 3.05) is 11.9 Å². The lowest BCUT2D eigenvalue weighted by atomic mass is 10.3. The smallest absolute Gasteiger partial charge is 0.240 e. The molecule has 0 fully saturated rings. The Morgan fingerprint density at radius 3 is 2.57 bits per heavy atom. The van der Waals surface area contributed by atoms with Gasteiger partial charge in [-0.25, -0.2) is 4.39 Å². The number of hydrogen-bond acceptors (Lipinski definition) is 3. The summed E-state index contributed by atoms with van der Waals surface area (Å²) in [5.74, 6) is 0.424. The van der Waals surface area contributed by atoms with E-state index in [1.807, 2.05) is 6.92 Å². The van der Waals surface area contributed by atoms with Gasteiger partial charge in [-0.15, -0.1) is 0 Å². The standard InChI is InChI=1S/C14H12Cl3FN2O/c1-2-5-19-13-10(16)7-11(17)14(20-13)21-12-4-3-8(18)6-9(12)15/h3-4,6-7H,2,5H2,1H3,(H,19,20). The first-order chi connectivity index (χ1) is 10.0. The molecule has 2 rings (SSSR count). The van der Waals surface area contributed by atoms with E-state index in [-0.39, 0.29) is 21.7 Å². The number of hydrogen-bond donors (Lipinski definition) is 1. The third-order valence-electron chi connectivity index (χ3n) is 2.54. The maximum atomic E-state index is 13.0. The topological polar surface area (TPSA) is 34.2 Å². The number of aromatic nitrogens is 1. The summed E-state index contributed by atoms with van der Waals surface area (Å²) < 4.78 is 18.5. The quantitative estimate of drug-likeness (QED) is 0.741. The number of anilines is 1. The van der Waals surface area contributed by atoms with Crippen molar-refractivity contribution in [1.82, 2.24) is 4.98 Å². The van der Waals surface area contributed by atoms with Gasteiger partial charge in [0.15, 0.2) is 0 Å². The monoisotopic (exact) mass is 348 g/mol. The molecule has 0 amide bonds. The summed E-state index contributed by atoms with van der Waals surface area (Å²) in [6.45, 7) is 2.73. The van der Waals surface area contributed by atoms with Crippen molar-refractivity contribution in [3.05, 3.63) is 45.2 Å². The zero-order valence-corrected chi connectivity index (χ0v) is 13.4. The average molecular weight is 350 g/mol. The highest BCUT2D eigenvalue weighted by Gasteiger charge is 2.13. The second kappa shape index (κ2) is 7.16. The molecule has 2 aromatic rings. The van der Waals surface area contributed by atoms with E-state index in [4.69, 9.17) is 39.5 Å². The van der Waals surface area contributed by atoms with Gasteiger partial charge < -0.3 is 10.1 Å². The highest BCUT2D eigenvalue weighted by molar-refractivity contribution is 6.36. The lowest BCUT2D eigenvalue weighted by Gasteiger charge is -2.12. The van der Waals surface area contributed by atoms with Crippen LogP contribution in [0.2, 0.25) is 15.1 Å². The first-order valence-corrected chi connectivity index (χ1v) is 7.37. The van der Waals surface area contributed by atoms with E-state index >= 15 is 0 Å². The van der Waals surface area contributed by atoms with Crippen LogP contribution in [0.1, 0.15) is 13.3 Å². The number of halogens is 4. The van der Waals surface area contributed by atoms with Crippen molar-refractivity contribution in [2.45, 2.75) is 13.3 Å². The van der Waals surface area contributed by atoms with Crippen LogP contribution in [0.15, 0.2) is 24.3 Å². The van der Waals surface area contributed by atoms with Gasteiger partial charge in [-0.2, -0.15) is 4.98 Å². The molecular formula is C14H12Cl3FN2O. The van der Waals surface area contributed by atoms with Crippen LogP contribution >= 0.6 is 34.8 Å². The second-order valence-electron chi connectivity index (χ2n) is 4.21. The molecule has 0 aliphatic carbocycles. The minimum absolute atomic E-state index is 0.130. The van der Waals surface area contributed by atoms with E-state index in [0.717, 1.165) is 12.5 Å². The van der Waals surface area contributed by atoms with Gasteiger partial charge in [-0.1, -0.05) is 41.7 Å². The molecule has 0 atom stereocenters. The van der Waals surface area contributed by atoms with Gasteiger partial charge in [0.05, 0.1) is 10.0 Å². The second-order valence-corrected chi connectivity index (χ2v) is 5.43. The fraction of sp³-hybridized carbons (Fsp3) is 0.214. The Kier molecular flexibility index (Phi) is 5.51. The van der Waals surface area contributed by atoms with Gasteiger partial charge in [0.1, 0.15) is 22.4 Å². The van der Waals surface area contributed by atoms with Crippen molar-refractivity contribution in [3.63, 3.8) is 0 Å². The van der Waals surface area contributed by atoms with Crippen molar-refractivity contribution in [2.24, 2.45) is 0 Å². The van der Waals surface area contributed by atoms with E-state index in [9.17, 15) is 4.39 Å². The molecule has 1 aromatic heterocycles. The number of pyridine rings is 1. The molecule has 0 bridgehead atoms. The Hall–Kier alpha value is -1.23. The average Bonchev–Trinajstić information content (AvgIpc) is 2.43. The van der Waals surface area contributed by atoms with E-state index in [1.165, 1.54) is 18.2 Å². The summed E-state index contributed by atoms with van der Waals surface area (Å²) in [6.07, 6.45) is 0.917. The zero-order chi connectivity index (χ0) is 15.4. The van der Waals surface area contributed by atoms with Gasteiger partial charge in [-0.05, 0) is 30.7 Å². The number of rotatable bonds is 5. The predicted molar refractivity (Wildman–Crippen MR) is 84.5 cm³/mol. The first-order valence-electron chi connectivity index (χ1n) is 6.24. The number of nitrogens with zero attached hydrogens (tertiary/aromatic N) is 1. The number of ether oxygens (including phenoxy) is 1. The summed E-state index contributed by atoms with van der Waals surface area (Å²) in [5.41, 5.74) is 0. The fourth-order valence-electron chi connectivity index (χ4n) is 1.55. The predicted octanol–water partition coefficient (Wildman–Crippen LogP) is 5.80. The molecule has 0 aliphatic heterocycles. The number of benzene rings is 1. The Morgan fingerprint density at radius 1 is 1.14 bits per heavy atom. The van der Waals surface area contributed by atoms with Crippen LogP contribution in [-0.2, 0) is 0 Å². The third kappa shape index (κ3) is 4.13. The molecule has 1 heterocycles. The van der Waals surface area contributed by atoms with Gasteiger partial charge in [-0.3, -0.25) is 0 Å². The van der Waals surface area contributed by atoms with E-state index in [1.54, 1.807) is 0 Å². The molecule has 0 spiro atoms. The van der Waals surface area contributed by atoms with E-state index in [0.29, 0.717) is 17.4 Å². The Bertz CT molecular complexity index is 652. The molecule has 1 aromatic carbocycles. The summed E-state index contributed by atoms with van der Waals surface area (Å²) >= 11 is 18.0. The summed E-state index contributed by atoms with van der Waals surface area (Å²) in [5, 5.41) is 3.83. The lowest BCUT2D eigenvalue weighted by Crippen LogP contribution is -2.03. The molecule has 112 valence electrons. The normalized spacial score (nSPS) is 10.5. The molecule has 1 N–H and O–H groups in total. The van der Waals surface area contributed by atoms with Crippen molar-refractivity contribution < 1.29 is 9.13 Å². The summed E-state index contributed by atoms with van der Waals surface area (Å²) in [6, 6.07) is 5.32. The van der Waals surface area contributed by atoms with Crippen LogP contribution in [0.3, 0.4) is 0 Å². The first kappa shape index (κ1) is 16.1. The number of nitrogens with one attached hydrogen (secondary N) is 1. The Morgan fingerprint density at radius 2 is 1.90 bits per heavy atom. The van der Waals surface area contributed by atoms with E-state index < -0.39 is 5.82 Å². The summed E-state index contributed by atoms with van der Waals surface area (Å²) in [7, 11) is 0. The van der Waals surface area contributed by atoms with Crippen LogP contribution in [-0.4, -0.2) is 11.5 Å².